The molecule has 1 fully saturated rings. The molecule has 2 spiro atoms. The lowest BCUT2D eigenvalue weighted by molar-refractivity contribution is -0.137. The van der Waals surface area contributed by atoms with Crippen LogP contribution < -0.4 is 9.80 Å². The number of rotatable bonds is 4. The summed E-state index contributed by atoms with van der Waals surface area (Å²) in [6.07, 6.45) is 3.20. The third kappa shape index (κ3) is 3.03. The minimum absolute atomic E-state index is 0.0620. The van der Waals surface area contributed by atoms with E-state index in [0.29, 0.717) is 25.9 Å². The number of anilines is 2. The topological polar surface area (TPSA) is 40.6 Å². The van der Waals surface area contributed by atoms with Crippen LogP contribution in [0.15, 0.2) is 109 Å². The summed E-state index contributed by atoms with van der Waals surface area (Å²) in [4.78, 5) is 33.6. The van der Waals surface area contributed by atoms with Crippen LogP contribution in [0, 0.1) is 0 Å². The summed E-state index contributed by atoms with van der Waals surface area (Å²) in [6.45, 7) is 0.996. The average molecular weight is 499 g/mol. The maximum Gasteiger partial charge on any atom is 0.239 e. The molecule has 1 aliphatic carbocycles. The van der Waals surface area contributed by atoms with Crippen LogP contribution in [0.3, 0.4) is 0 Å². The van der Waals surface area contributed by atoms with E-state index in [-0.39, 0.29) is 11.8 Å². The number of benzene rings is 4. The zero-order chi connectivity index (χ0) is 25.7. The molecule has 4 aromatic carbocycles. The standard InChI is InChI=1S/C34H30N2O2/c37-31-33(27-17-7-9-19-29(27)35(31)23-25-13-3-1-4-14-25)21-11-12-22-34(33)28-18-8-10-20-30(28)36(32(34)38)24-26-15-5-2-6-16-26/h1-10,13-20H,11-12,21-24H2/t33-,34-/m1/s1. The van der Waals surface area contributed by atoms with E-state index in [1.54, 1.807) is 0 Å². The van der Waals surface area contributed by atoms with Crippen LogP contribution >= 0.6 is 0 Å². The van der Waals surface area contributed by atoms with Crippen LogP contribution in [-0.2, 0) is 33.5 Å². The minimum atomic E-state index is -0.921. The van der Waals surface area contributed by atoms with E-state index in [4.69, 9.17) is 0 Å². The smallest absolute Gasteiger partial charge is 0.239 e. The molecule has 0 unspecified atom stereocenters. The number of hydrogen-bond acceptors (Lipinski definition) is 2. The predicted molar refractivity (Wildman–Crippen MR) is 150 cm³/mol. The van der Waals surface area contributed by atoms with Crippen molar-refractivity contribution >= 4 is 23.2 Å². The molecular formula is C34H30N2O2. The molecule has 2 atom stereocenters. The van der Waals surface area contributed by atoms with Crippen molar-refractivity contribution < 1.29 is 9.59 Å². The van der Waals surface area contributed by atoms with Crippen LogP contribution in [0.2, 0.25) is 0 Å². The fourth-order valence-corrected chi connectivity index (χ4v) is 7.41. The van der Waals surface area contributed by atoms with Crippen LogP contribution in [-0.4, -0.2) is 11.8 Å². The number of fused-ring (bicyclic) bond motifs is 5. The van der Waals surface area contributed by atoms with E-state index in [9.17, 15) is 9.59 Å². The van der Waals surface area contributed by atoms with E-state index >= 15 is 0 Å². The summed E-state index contributed by atoms with van der Waals surface area (Å²) in [5.74, 6) is 0.124. The van der Waals surface area contributed by atoms with E-state index in [0.717, 1.165) is 46.5 Å². The second-order valence-electron chi connectivity index (χ2n) is 10.8. The van der Waals surface area contributed by atoms with Crippen molar-refractivity contribution in [1.29, 1.82) is 0 Å². The molecule has 1 saturated carbocycles. The first kappa shape index (κ1) is 23.0. The second kappa shape index (κ2) is 8.70. The highest BCUT2D eigenvalue weighted by molar-refractivity contribution is 6.18. The first-order valence-corrected chi connectivity index (χ1v) is 13.6. The van der Waals surface area contributed by atoms with E-state index < -0.39 is 10.8 Å². The summed E-state index contributed by atoms with van der Waals surface area (Å²) < 4.78 is 0. The van der Waals surface area contributed by atoms with Crippen molar-refractivity contribution in [3.05, 3.63) is 131 Å². The third-order valence-electron chi connectivity index (χ3n) is 8.98. The molecule has 0 bridgehead atoms. The zero-order valence-corrected chi connectivity index (χ0v) is 21.3. The van der Waals surface area contributed by atoms with Crippen molar-refractivity contribution in [3.8, 4) is 0 Å². The number of carbonyl (C=O) groups is 2. The van der Waals surface area contributed by atoms with Crippen molar-refractivity contribution in [2.75, 3.05) is 9.80 Å². The summed E-state index contributed by atoms with van der Waals surface area (Å²) in [6, 6.07) is 36.7. The normalized spacial score (nSPS) is 23.8. The van der Waals surface area contributed by atoms with Gasteiger partial charge in [0.05, 0.1) is 23.9 Å². The van der Waals surface area contributed by atoms with E-state index in [2.05, 4.69) is 48.5 Å². The summed E-state index contributed by atoms with van der Waals surface area (Å²) in [5, 5.41) is 0. The van der Waals surface area contributed by atoms with Gasteiger partial charge in [-0.25, -0.2) is 0 Å². The molecule has 4 heteroatoms. The molecule has 0 aromatic heterocycles. The Morgan fingerprint density at radius 3 is 1.29 bits per heavy atom. The highest BCUT2D eigenvalue weighted by atomic mass is 16.2. The number of carbonyl (C=O) groups excluding carboxylic acids is 2. The molecule has 2 heterocycles. The molecule has 0 N–H and O–H groups in total. The van der Waals surface area contributed by atoms with Crippen LogP contribution in [0.25, 0.3) is 0 Å². The molecule has 38 heavy (non-hydrogen) atoms. The van der Waals surface area contributed by atoms with Gasteiger partial charge in [0.25, 0.3) is 0 Å². The lowest BCUT2D eigenvalue weighted by atomic mass is 9.51. The Balaban J connectivity index is 1.42. The van der Waals surface area contributed by atoms with Crippen LogP contribution in [0.4, 0.5) is 11.4 Å². The Hall–Kier alpha value is -4.18. The Morgan fingerprint density at radius 1 is 0.500 bits per heavy atom. The van der Waals surface area contributed by atoms with Crippen LogP contribution in [0.1, 0.15) is 47.9 Å². The zero-order valence-electron chi connectivity index (χ0n) is 21.3. The molecule has 3 aliphatic rings. The highest BCUT2D eigenvalue weighted by Crippen LogP contribution is 2.64. The van der Waals surface area contributed by atoms with Gasteiger partial charge in [0.2, 0.25) is 11.8 Å². The SMILES string of the molecule is O=C1N(Cc2ccccc2)c2ccccc2[C@]12CCCC[C@@]21C(=O)N(Cc2ccccc2)c2ccccc21. The molecule has 4 nitrogen and oxygen atoms in total. The van der Waals surface area contributed by atoms with Crippen molar-refractivity contribution in [2.45, 2.75) is 49.6 Å². The van der Waals surface area contributed by atoms with Gasteiger partial charge in [0.1, 0.15) is 0 Å². The predicted octanol–water partition coefficient (Wildman–Crippen LogP) is 6.53. The van der Waals surface area contributed by atoms with Gasteiger partial charge in [0, 0.05) is 11.4 Å². The molecule has 0 radical (unpaired) electrons. The lowest BCUT2D eigenvalue weighted by Gasteiger charge is -2.48. The van der Waals surface area contributed by atoms with Crippen LogP contribution in [0.5, 0.6) is 0 Å². The summed E-state index contributed by atoms with van der Waals surface area (Å²) in [7, 11) is 0. The van der Waals surface area contributed by atoms with Crippen molar-refractivity contribution in [1.82, 2.24) is 0 Å². The number of hydrogen-bond donors (Lipinski definition) is 0. The van der Waals surface area contributed by atoms with Gasteiger partial charge in [-0.2, -0.15) is 0 Å². The molecular weight excluding hydrogens is 468 g/mol. The first-order valence-electron chi connectivity index (χ1n) is 13.6. The van der Waals surface area contributed by atoms with Gasteiger partial charge in [-0.3, -0.25) is 9.59 Å². The highest BCUT2D eigenvalue weighted by Gasteiger charge is 2.70. The number of nitrogens with zero attached hydrogens (tertiary/aromatic N) is 2. The monoisotopic (exact) mass is 498 g/mol. The summed E-state index contributed by atoms with van der Waals surface area (Å²) >= 11 is 0. The van der Waals surface area contributed by atoms with Gasteiger partial charge >= 0.3 is 0 Å². The Bertz CT molecular complexity index is 1420. The average Bonchev–Trinajstić information content (AvgIpc) is 3.34. The largest absolute Gasteiger partial charge is 0.307 e. The van der Waals surface area contributed by atoms with E-state index in [1.807, 2.05) is 70.5 Å². The van der Waals surface area contributed by atoms with Crippen molar-refractivity contribution in [3.63, 3.8) is 0 Å². The Kier molecular flexibility index (Phi) is 5.26. The maximum absolute atomic E-state index is 14.9. The first-order chi connectivity index (χ1) is 18.7. The molecule has 7 rings (SSSR count). The molecule has 2 amide bonds. The van der Waals surface area contributed by atoms with Gasteiger partial charge in [-0.1, -0.05) is 110 Å². The quantitative estimate of drug-likeness (QED) is 0.321. The lowest BCUT2D eigenvalue weighted by Crippen LogP contribution is -2.61. The van der Waals surface area contributed by atoms with Gasteiger partial charge in [0.15, 0.2) is 0 Å². The fourth-order valence-electron chi connectivity index (χ4n) is 7.41. The second-order valence-corrected chi connectivity index (χ2v) is 10.8. The number of para-hydroxylation sites is 2. The third-order valence-corrected chi connectivity index (χ3v) is 8.98. The Labute approximate surface area is 223 Å². The summed E-state index contributed by atoms with van der Waals surface area (Å²) in [5.41, 5.74) is 4.21. The van der Waals surface area contributed by atoms with Gasteiger partial charge < -0.3 is 9.80 Å². The van der Waals surface area contributed by atoms with E-state index in [1.165, 1.54) is 0 Å². The number of amides is 2. The molecule has 0 saturated heterocycles. The molecule has 2 aliphatic heterocycles. The minimum Gasteiger partial charge on any atom is -0.307 e. The Morgan fingerprint density at radius 2 is 0.868 bits per heavy atom. The van der Waals surface area contributed by atoms with Gasteiger partial charge in [-0.05, 0) is 47.2 Å². The van der Waals surface area contributed by atoms with Gasteiger partial charge in [-0.15, -0.1) is 0 Å². The molecule has 188 valence electrons. The maximum atomic E-state index is 14.9. The molecule has 4 aromatic rings. The van der Waals surface area contributed by atoms with Crippen molar-refractivity contribution in [2.24, 2.45) is 0 Å². The fraction of sp³-hybridized carbons (Fsp3) is 0.235.